The average molecular weight is 493 g/mol. The first kappa shape index (κ1) is 25.7. The zero-order valence-corrected chi connectivity index (χ0v) is 21.5. The monoisotopic (exact) mass is 492 g/mol. The molecule has 2 N–H and O–H groups in total. The quantitative estimate of drug-likeness (QED) is 0.316. The number of rotatable bonds is 9. The van der Waals surface area contributed by atoms with Crippen LogP contribution in [0.4, 0.5) is 5.69 Å². The summed E-state index contributed by atoms with van der Waals surface area (Å²) >= 11 is 0. The summed E-state index contributed by atoms with van der Waals surface area (Å²) < 4.78 is 0. The van der Waals surface area contributed by atoms with Crippen molar-refractivity contribution in [2.45, 2.75) is 26.2 Å². The number of anilines is 1. The smallest absolute Gasteiger partial charge is 0.257 e. The Morgan fingerprint density at radius 2 is 1.89 bits per heavy atom. The summed E-state index contributed by atoms with van der Waals surface area (Å²) in [5.74, 6) is 2.26. The molecule has 0 atom stereocenters. The number of carbonyl (C=O) groups is 1. The molecule has 0 bridgehead atoms. The van der Waals surface area contributed by atoms with E-state index >= 15 is 0 Å². The first-order valence-electron chi connectivity index (χ1n) is 12.5. The first-order chi connectivity index (χ1) is 18.0. The number of benzene rings is 2. The predicted octanol–water partition coefficient (Wildman–Crippen LogP) is 5.22. The lowest BCUT2D eigenvalue weighted by atomic mass is 9.89. The normalized spacial score (nSPS) is 13.4. The Morgan fingerprint density at radius 3 is 2.54 bits per heavy atom. The van der Waals surface area contributed by atoms with Gasteiger partial charge in [-0.1, -0.05) is 56.0 Å². The molecular weight excluding hydrogens is 460 g/mol. The maximum atomic E-state index is 13.0. The van der Waals surface area contributed by atoms with Gasteiger partial charge in [0.1, 0.15) is 5.70 Å². The highest BCUT2D eigenvalue weighted by Gasteiger charge is 2.31. The van der Waals surface area contributed by atoms with Crippen molar-refractivity contribution in [3.8, 4) is 0 Å². The van der Waals surface area contributed by atoms with Gasteiger partial charge < -0.3 is 15.5 Å². The van der Waals surface area contributed by atoms with E-state index in [-0.39, 0.29) is 5.91 Å². The van der Waals surface area contributed by atoms with Crippen molar-refractivity contribution in [3.05, 3.63) is 113 Å². The minimum absolute atomic E-state index is 0.210. The first-order valence-corrected chi connectivity index (χ1v) is 12.5. The van der Waals surface area contributed by atoms with Crippen LogP contribution in [0, 0.1) is 6.92 Å². The van der Waals surface area contributed by atoms with Crippen LogP contribution >= 0.6 is 0 Å². The molecule has 0 saturated carbocycles. The number of hydrogen-bond donors (Lipinski definition) is 2. The van der Waals surface area contributed by atoms with Crippen LogP contribution in [0.5, 0.6) is 0 Å². The van der Waals surface area contributed by atoms with E-state index in [1.807, 2.05) is 56.3 Å². The number of allylic oxidation sites excluding steroid dienone is 2. The van der Waals surface area contributed by atoms with Gasteiger partial charge in [0.15, 0.2) is 5.94 Å². The Labute approximate surface area is 218 Å². The Balaban J connectivity index is 1.46. The molecule has 6 heteroatoms. The number of likely N-dealkylation sites (tertiary alicyclic amines) is 1. The number of hydrogen-bond acceptors (Lipinski definition) is 5. The fourth-order valence-electron chi connectivity index (χ4n) is 4.56. The van der Waals surface area contributed by atoms with Crippen LogP contribution in [-0.4, -0.2) is 41.9 Å². The van der Waals surface area contributed by atoms with E-state index in [0.29, 0.717) is 29.3 Å². The van der Waals surface area contributed by atoms with Gasteiger partial charge in [0, 0.05) is 49.7 Å². The summed E-state index contributed by atoms with van der Waals surface area (Å²) in [5, 5.41) is 6.04. The SMILES string of the molecule is C=C/C(=C\NC)c1ccc(C2CN(C(=C=O)c3ccc(C)c(NC(=O)c4cccnc4CC)c3)C2)cc1. The topological polar surface area (TPSA) is 74.3 Å². The highest BCUT2D eigenvalue weighted by atomic mass is 16.1. The molecular formula is C31H32N4O2. The number of amides is 1. The second-order valence-electron chi connectivity index (χ2n) is 9.10. The lowest BCUT2D eigenvalue weighted by Crippen LogP contribution is -2.43. The minimum atomic E-state index is -0.210. The number of nitrogens with one attached hydrogen (secondary N) is 2. The van der Waals surface area contributed by atoms with Crippen LogP contribution in [0.15, 0.2) is 79.6 Å². The molecule has 2 heterocycles. The molecule has 37 heavy (non-hydrogen) atoms. The molecule has 2 aromatic carbocycles. The van der Waals surface area contributed by atoms with Gasteiger partial charge in [-0.15, -0.1) is 0 Å². The van der Waals surface area contributed by atoms with Gasteiger partial charge in [-0.2, -0.15) is 0 Å². The Bertz CT molecular complexity index is 1380. The molecule has 0 aliphatic carbocycles. The molecule has 4 rings (SSSR count). The second-order valence-corrected chi connectivity index (χ2v) is 9.10. The van der Waals surface area contributed by atoms with E-state index in [1.54, 1.807) is 18.3 Å². The van der Waals surface area contributed by atoms with Gasteiger partial charge in [-0.05, 0) is 53.8 Å². The van der Waals surface area contributed by atoms with Gasteiger partial charge in [0.25, 0.3) is 5.91 Å². The molecule has 6 nitrogen and oxygen atoms in total. The summed E-state index contributed by atoms with van der Waals surface area (Å²) in [6.07, 6.45) is 6.11. The number of aromatic nitrogens is 1. The van der Waals surface area contributed by atoms with E-state index in [2.05, 4.69) is 52.4 Å². The third-order valence-corrected chi connectivity index (χ3v) is 6.76. The van der Waals surface area contributed by atoms with Crippen molar-refractivity contribution in [1.29, 1.82) is 0 Å². The third kappa shape index (κ3) is 5.55. The maximum Gasteiger partial charge on any atom is 0.257 e. The molecule has 188 valence electrons. The summed E-state index contributed by atoms with van der Waals surface area (Å²) in [6, 6.07) is 17.7. The largest absolute Gasteiger partial charge is 0.393 e. The van der Waals surface area contributed by atoms with Crippen molar-refractivity contribution in [2.24, 2.45) is 0 Å². The van der Waals surface area contributed by atoms with Gasteiger partial charge >= 0.3 is 0 Å². The van der Waals surface area contributed by atoms with Gasteiger partial charge in [-0.25, -0.2) is 4.79 Å². The van der Waals surface area contributed by atoms with Crippen molar-refractivity contribution in [1.82, 2.24) is 15.2 Å². The zero-order valence-electron chi connectivity index (χ0n) is 21.5. The van der Waals surface area contributed by atoms with E-state index in [9.17, 15) is 9.59 Å². The van der Waals surface area contributed by atoms with Crippen molar-refractivity contribution >= 4 is 28.8 Å². The molecule has 0 spiro atoms. The van der Waals surface area contributed by atoms with Crippen LogP contribution in [-0.2, 0) is 11.2 Å². The molecule has 0 unspecified atom stereocenters. The molecule has 0 radical (unpaired) electrons. The van der Waals surface area contributed by atoms with E-state index < -0.39 is 0 Å². The summed E-state index contributed by atoms with van der Waals surface area (Å²) in [4.78, 5) is 31.3. The maximum absolute atomic E-state index is 13.0. The summed E-state index contributed by atoms with van der Waals surface area (Å²) in [6.45, 7) is 9.25. The van der Waals surface area contributed by atoms with Crippen LogP contribution in [0.3, 0.4) is 0 Å². The molecule has 1 aromatic heterocycles. The standard InChI is InChI=1S/C31H32N4O2/c1-5-22(17-32-4)23-11-13-24(14-12-23)26-18-35(19-26)30(20-36)25-10-9-21(3)29(16-25)34-31(37)27-8-7-15-33-28(27)6-2/h5,7-17,26,32H,1,6,18-19H2,2-4H3,(H,34,37)/b22-17+. The molecule has 1 amide bonds. The number of carbonyl (C=O) groups excluding carboxylic acids is 2. The Hall–Kier alpha value is -4.41. The van der Waals surface area contributed by atoms with E-state index in [4.69, 9.17) is 0 Å². The fourth-order valence-corrected chi connectivity index (χ4v) is 4.56. The highest BCUT2D eigenvalue weighted by molar-refractivity contribution is 6.05. The van der Waals surface area contributed by atoms with Crippen molar-refractivity contribution in [3.63, 3.8) is 0 Å². The number of aryl methyl sites for hydroxylation is 2. The van der Waals surface area contributed by atoms with Gasteiger partial charge in [0.2, 0.25) is 0 Å². The minimum Gasteiger partial charge on any atom is -0.393 e. The van der Waals surface area contributed by atoms with Gasteiger partial charge in [-0.3, -0.25) is 9.78 Å². The van der Waals surface area contributed by atoms with E-state index in [1.165, 1.54) is 5.56 Å². The van der Waals surface area contributed by atoms with Crippen molar-refractivity contribution in [2.75, 3.05) is 25.5 Å². The lowest BCUT2D eigenvalue weighted by Gasteiger charge is -2.41. The zero-order chi connectivity index (χ0) is 26.4. The van der Waals surface area contributed by atoms with Crippen LogP contribution in [0.2, 0.25) is 0 Å². The second kappa shape index (κ2) is 11.5. The number of nitrogens with zero attached hydrogens (tertiary/aromatic N) is 2. The highest BCUT2D eigenvalue weighted by Crippen LogP contribution is 2.34. The molecule has 1 aliphatic rings. The Morgan fingerprint density at radius 1 is 1.16 bits per heavy atom. The molecule has 1 aliphatic heterocycles. The van der Waals surface area contributed by atoms with Crippen LogP contribution in [0.1, 0.15) is 51.1 Å². The average Bonchev–Trinajstić information content (AvgIpc) is 2.90. The Kier molecular flexibility index (Phi) is 8.02. The van der Waals surface area contributed by atoms with E-state index in [0.717, 1.165) is 41.0 Å². The lowest BCUT2D eigenvalue weighted by molar-refractivity contribution is 0.102. The van der Waals surface area contributed by atoms with Crippen LogP contribution < -0.4 is 10.6 Å². The summed E-state index contributed by atoms with van der Waals surface area (Å²) in [7, 11) is 1.87. The number of pyridine rings is 1. The molecule has 3 aromatic rings. The van der Waals surface area contributed by atoms with Gasteiger partial charge in [0.05, 0.1) is 11.3 Å². The predicted molar refractivity (Wildman–Crippen MR) is 150 cm³/mol. The third-order valence-electron chi connectivity index (χ3n) is 6.76. The van der Waals surface area contributed by atoms with Crippen molar-refractivity contribution < 1.29 is 9.59 Å². The van der Waals surface area contributed by atoms with Crippen LogP contribution in [0.25, 0.3) is 11.3 Å². The fraction of sp³-hybridized carbons (Fsp3) is 0.226. The molecule has 1 saturated heterocycles. The molecule has 1 fully saturated rings. The summed E-state index contributed by atoms with van der Waals surface area (Å²) in [5.41, 5.74) is 7.50.